The van der Waals surface area contributed by atoms with E-state index < -0.39 is 91.5 Å². The number of unbranched alkanes of at least 4 members (excludes halogenated alkanes) is 21. The molecule has 105 heavy (non-hydrogen) atoms. The van der Waals surface area contributed by atoms with Gasteiger partial charge in [-0.2, -0.15) is 0 Å². The van der Waals surface area contributed by atoms with E-state index in [1.807, 2.05) is 0 Å². The van der Waals surface area contributed by atoms with Crippen LogP contribution in [0.1, 0.15) is 290 Å². The second kappa shape index (κ2) is 78.2. The summed E-state index contributed by atoms with van der Waals surface area (Å²) >= 11 is 0. The lowest BCUT2D eigenvalue weighted by Crippen LogP contribution is -2.30. The highest BCUT2D eigenvalue weighted by Gasteiger charge is 2.29. The van der Waals surface area contributed by atoms with Crippen LogP contribution in [-0.4, -0.2) is 95.9 Å². The molecule has 0 heterocycles. The maximum atomic E-state index is 13.0. The Morgan fingerprint density at radius 2 is 0.505 bits per heavy atom. The summed E-state index contributed by atoms with van der Waals surface area (Å²) < 4.78 is 61.2. The van der Waals surface area contributed by atoms with Crippen molar-refractivity contribution in [1.82, 2.24) is 0 Å². The van der Waals surface area contributed by atoms with Crippen molar-refractivity contribution in [3.8, 4) is 0 Å². The van der Waals surface area contributed by atoms with Crippen LogP contribution >= 0.6 is 15.6 Å². The molecule has 0 saturated heterocycles. The summed E-state index contributed by atoms with van der Waals surface area (Å²) in [5.74, 6) is -1.66. The lowest BCUT2D eigenvalue weighted by atomic mass is 10.0. The molecule has 0 spiro atoms. The number of aliphatic hydroxyl groups excluding tert-OH is 2. The Kier molecular flexibility index (Phi) is 74.3. The van der Waals surface area contributed by atoms with Gasteiger partial charge in [0, 0.05) is 19.3 Å². The van der Waals surface area contributed by atoms with Gasteiger partial charge in [-0.15, -0.1) is 0 Å². The van der Waals surface area contributed by atoms with Gasteiger partial charge in [-0.25, -0.2) is 9.13 Å². The summed E-state index contributed by atoms with van der Waals surface area (Å²) in [5.41, 5.74) is 0. The Bertz CT molecular complexity index is 2640. The monoisotopic (exact) mass is 1500 g/mol. The maximum Gasteiger partial charge on any atom is 0.472 e. The van der Waals surface area contributed by atoms with E-state index in [-0.39, 0.29) is 19.3 Å². The van der Waals surface area contributed by atoms with Crippen molar-refractivity contribution >= 4 is 33.6 Å². The Morgan fingerprint density at radius 3 is 0.819 bits per heavy atom. The third-order valence-electron chi connectivity index (χ3n) is 16.1. The zero-order valence-corrected chi connectivity index (χ0v) is 66.9. The molecule has 5 unspecified atom stereocenters. The van der Waals surface area contributed by atoms with Gasteiger partial charge >= 0.3 is 33.6 Å². The first kappa shape index (κ1) is 99.7. The van der Waals surface area contributed by atoms with Crippen molar-refractivity contribution in [3.63, 3.8) is 0 Å². The molecule has 16 nitrogen and oxygen atoms in total. The molecule has 0 amide bonds. The molecule has 0 aromatic heterocycles. The average molecular weight is 1510 g/mol. The van der Waals surface area contributed by atoms with E-state index in [2.05, 4.69) is 203 Å². The smallest absolute Gasteiger partial charge is 0.463 e. The Morgan fingerprint density at radius 1 is 0.276 bits per heavy atom. The van der Waals surface area contributed by atoms with Gasteiger partial charge in [-0.1, -0.05) is 293 Å². The Balaban J connectivity index is 4.72. The Hall–Kier alpha value is -5.35. The molecule has 0 aromatic carbocycles. The lowest BCUT2D eigenvalue weighted by molar-refractivity contribution is -0.161. The van der Waals surface area contributed by atoms with E-state index in [1.165, 1.54) is 70.6 Å². The number of aliphatic hydroxyl groups is 2. The number of carbonyl (C=O) groups excluding carboxylic acids is 3. The second-order valence-corrected chi connectivity index (χ2v) is 29.0. The highest BCUT2D eigenvalue weighted by molar-refractivity contribution is 7.47. The summed E-state index contributed by atoms with van der Waals surface area (Å²) in [6.45, 7) is 2.33. The molecule has 0 aliphatic rings. The van der Waals surface area contributed by atoms with Crippen LogP contribution in [0.5, 0.6) is 0 Å². The topological polar surface area (TPSA) is 231 Å². The minimum Gasteiger partial charge on any atom is -0.463 e. The lowest BCUT2D eigenvalue weighted by Gasteiger charge is -2.21. The van der Waals surface area contributed by atoms with E-state index in [4.69, 9.17) is 32.3 Å². The predicted octanol–water partition coefficient (Wildman–Crippen LogP) is 23.8. The molecular formula is C87H142O16P2. The molecular weight excluding hydrogens is 1360 g/mol. The van der Waals surface area contributed by atoms with Crippen LogP contribution in [0, 0.1) is 0 Å². The third kappa shape index (κ3) is 79.5. The minimum atomic E-state index is -4.96. The van der Waals surface area contributed by atoms with Crippen LogP contribution in [0.4, 0.5) is 0 Å². The first-order valence-electron chi connectivity index (χ1n) is 40.1. The summed E-state index contributed by atoms with van der Waals surface area (Å²) in [4.78, 5) is 58.7. The summed E-state index contributed by atoms with van der Waals surface area (Å²) in [7, 11) is -9.83. The van der Waals surface area contributed by atoms with Gasteiger partial charge in [0.1, 0.15) is 25.4 Å². The zero-order valence-electron chi connectivity index (χ0n) is 65.1. The minimum absolute atomic E-state index is 0.0645. The molecule has 0 saturated carbocycles. The first-order valence-corrected chi connectivity index (χ1v) is 43.1. The molecule has 596 valence electrons. The van der Waals surface area contributed by atoms with Gasteiger partial charge < -0.3 is 34.2 Å². The normalized spacial score (nSPS) is 14.9. The van der Waals surface area contributed by atoms with Crippen LogP contribution in [0.25, 0.3) is 0 Å². The molecule has 0 aliphatic heterocycles. The second-order valence-electron chi connectivity index (χ2n) is 26.1. The number of allylic oxidation sites excluding steroid dienone is 30. The number of phosphoric ester groups is 2. The largest absolute Gasteiger partial charge is 0.472 e. The number of hydrogen-bond acceptors (Lipinski definition) is 14. The fraction of sp³-hybridized carbons (Fsp3) is 0.621. The SMILES string of the molecule is CC/C=C\C/C=C\C/C=C\C/C=C\C/C=C\C/C=C\CCCCC(=O)OCC(COP(=O)(O)OCC(O)COP(=O)(O)OCC(O)COC(=O)CCCCCCCCCCCCC/C=C\C/C=C\C/C=C\C/C=C\CCCCC)OC(=O)CCCCCCC/C=C\C/C=C\C/C=C\C/C=C\C/C=C\CC. The highest BCUT2D eigenvalue weighted by atomic mass is 31.2. The average Bonchev–Trinajstić information content (AvgIpc) is 0.914. The van der Waals surface area contributed by atoms with Crippen molar-refractivity contribution in [1.29, 1.82) is 0 Å². The molecule has 5 atom stereocenters. The van der Waals surface area contributed by atoms with E-state index in [0.717, 1.165) is 161 Å². The Labute approximate surface area is 636 Å². The molecule has 0 aromatic rings. The third-order valence-corrected chi connectivity index (χ3v) is 18.0. The summed E-state index contributed by atoms with van der Waals surface area (Å²) in [6.07, 6.45) is 101. The van der Waals surface area contributed by atoms with Gasteiger partial charge in [0.2, 0.25) is 0 Å². The fourth-order valence-corrected chi connectivity index (χ4v) is 11.6. The fourth-order valence-electron chi connectivity index (χ4n) is 10.1. The number of rotatable bonds is 74. The molecule has 0 radical (unpaired) electrons. The van der Waals surface area contributed by atoms with Crippen molar-refractivity contribution in [3.05, 3.63) is 182 Å². The predicted molar refractivity (Wildman–Crippen MR) is 435 cm³/mol. The molecule has 0 rings (SSSR count). The van der Waals surface area contributed by atoms with Crippen LogP contribution in [0.15, 0.2) is 182 Å². The molecule has 4 N–H and O–H groups in total. The van der Waals surface area contributed by atoms with Crippen LogP contribution in [0.2, 0.25) is 0 Å². The van der Waals surface area contributed by atoms with E-state index in [9.17, 15) is 43.5 Å². The van der Waals surface area contributed by atoms with E-state index in [1.54, 1.807) is 0 Å². The number of ether oxygens (including phenoxy) is 3. The van der Waals surface area contributed by atoms with E-state index >= 15 is 0 Å². The highest BCUT2D eigenvalue weighted by Crippen LogP contribution is 2.45. The zero-order chi connectivity index (χ0) is 76.6. The number of hydrogen-bond donors (Lipinski definition) is 4. The van der Waals surface area contributed by atoms with E-state index in [0.29, 0.717) is 19.3 Å². The van der Waals surface area contributed by atoms with Gasteiger partial charge in [-0.05, 0) is 161 Å². The molecule has 0 fully saturated rings. The van der Waals surface area contributed by atoms with Crippen molar-refractivity contribution in [2.45, 2.75) is 309 Å². The standard InChI is InChI=1S/C87H142O16P2/c1-4-7-10-13-16-19-22-25-28-31-34-37-38-39-40-41-42-45-47-49-52-55-58-61-64-67-70-73-85(90)97-76-82(88)77-99-104(93,94)100-78-83(89)79-101-105(95,96)102-81-84(103-87(92)75-72-69-66-63-60-57-54-51-48-44-36-33-30-27-24-21-18-15-12-9-6-3)80-98-86(91)74-71-68-65-62-59-56-53-50-46-43-35-32-29-26-23-20-17-14-11-8-5-2/h8-9,11-12,16-21,25-30,34-37,39-40,43-44,50-51,53-54,59,62,82-84,88-89H,4-7,10,13-15,22-24,31-33,38,41-42,45-49,52,55-58,60-61,63-81H2,1-3H3,(H,93,94)(H,95,96)/b11-8-,12-9-,19-16-,20-17-,21-18-,28-25-,29-26-,30-27-,37-34-,40-39-,43-35-,44-36-,53-50-,54-51-,62-59-. The van der Waals surface area contributed by atoms with Crippen LogP contribution < -0.4 is 0 Å². The molecule has 18 heteroatoms. The van der Waals surface area contributed by atoms with Gasteiger partial charge in [0.05, 0.1) is 26.4 Å². The van der Waals surface area contributed by atoms with Gasteiger partial charge in [-0.3, -0.25) is 32.5 Å². The number of esters is 3. The summed E-state index contributed by atoms with van der Waals surface area (Å²) in [5, 5.41) is 20.7. The molecule has 0 aliphatic carbocycles. The van der Waals surface area contributed by atoms with Crippen LogP contribution in [-0.2, 0) is 55.8 Å². The maximum absolute atomic E-state index is 13.0. The number of carbonyl (C=O) groups is 3. The van der Waals surface area contributed by atoms with Gasteiger partial charge in [0.15, 0.2) is 6.10 Å². The quantitative estimate of drug-likeness (QED) is 0.0146. The van der Waals surface area contributed by atoms with Gasteiger partial charge in [0.25, 0.3) is 0 Å². The number of phosphoric acid groups is 2. The van der Waals surface area contributed by atoms with Crippen molar-refractivity contribution in [2.24, 2.45) is 0 Å². The van der Waals surface area contributed by atoms with Crippen LogP contribution in [0.3, 0.4) is 0 Å². The van der Waals surface area contributed by atoms with Crippen molar-refractivity contribution in [2.75, 3.05) is 39.6 Å². The van der Waals surface area contributed by atoms with Crippen molar-refractivity contribution < 1.29 is 75.8 Å². The summed E-state index contributed by atoms with van der Waals surface area (Å²) in [6, 6.07) is 0. The molecule has 0 bridgehead atoms. The first-order chi connectivity index (χ1) is 51.2.